The molecule has 0 aliphatic heterocycles. The van der Waals surface area contributed by atoms with Crippen LogP contribution in [0.1, 0.15) is 22.8 Å². The highest BCUT2D eigenvalue weighted by Gasteiger charge is 2.14. The fraction of sp³-hybridized carbons (Fsp3) is 0.211. The van der Waals surface area contributed by atoms with Crippen molar-refractivity contribution in [2.45, 2.75) is 13.3 Å². The number of hydrogen-bond acceptors (Lipinski definition) is 4. The van der Waals surface area contributed by atoms with Crippen LogP contribution in [0.15, 0.2) is 54.6 Å². The van der Waals surface area contributed by atoms with Crippen LogP contribution in [0.4, 0.5) is 5.69 Å². The standard InChI is InChI=1S/C19H20N2O4/c1-2-25-19(24)15-10-6-7-11-16(15)21-18(23)13-20-17(22)12-14-8-4-3-5-9-14/h3-11H,2,12-13H2,1H3,(H,20,22)(H,21,23). The molecule has 0 unspecified atom stereocenters. The van der Waals surface area contributed by atoms with Gasteiger partial charge in [-0.25, -0.2) is 4.79 Å². The molecule has 0 aliphatic rings. The van der Waals surface area contributed by atoms with Crippen LogP contribution >= 0.6 is 0 Å². The van der Waals surface area contributed by atoms with Gasteiger partial charge in [0, 0.05) is 0 Å². The largest absolute Gasteiger partial charge is 0.462 e. The molecular weight excluding hydrogens is 320 g/mol. The van der Waals surface area contributed by atoms with Crippen molar-refractivity contribution in [1.82, 2.24) is 5.32 Å². The summed E-state index contributed by atoms with van der Waals surface area (Å²) in [5.74, 6) is -1.18. The highest BCUT2D eigenvalue weighted by atomic mass is 16.5. The van der Waals surface area contributed by atoms with Gasteiger partial charge in [-0.05, 0) is 24.6 Å². The third-order valence-electron chi connectivity index (χ3n) is 3.35. The maximum atomic E-state index is 12.0. The maximum Gasteiger partial charge on any atom is 0.340 e. The second-order valence-corrected chi connectivity index (χ2v) is 5.25. The molecule has 0 atom stereocenters. The van der Waals surface area contributed by atoms with Crippen molar-refractivity contribution < 1.29 is 19.1 Å². The van der Waals surface area contributed by atoms with Gasteiger partial charge in [-0.1, -0.05) is 42.5 Å². The number of rotatable bonds is 7. The van der Waals surface area contributed by atoms with Gasteiger partial charge in [0.15, 0.2) is 0 Å². The van der Waals surface area contributed by atoms with Crippen LogP contribution in [-0.2, 0) is 20.7 Å². The number of anilines is 1. The number of nitrogens with one attached hydrogen (secondary N) is 2. The third kappa shape index (κ3) is 5.76. The average Bonchev–Trinajstić information content (AvgIpc) is 2.61. The molecule has 0 spiro atoms. The van der Waals surface area contributed by atoms with E-state index in [9.17, 15) is 14.4 Å². The summed E-state index contributed by atoms with van der Waals surface area (Å²) in [4.78, 5) is 35.8. The SMILES string of the molecule is CCOC(=O)c1ccccc1NC(=O)CNC(=O)Cc1ccccc1. The van der Waals surface area contributed by atoms with Crippen LogP contribution in [-0.4, -0.2) is 30.9 Å². The molecule has 0 bridgehead atoms. The molecule has 0 radical (unpaired) electrons. The maximum absolute atomic E-state index is 12.0. The number of benzene rings is 2. The molecule has 2 aromatic carbocycles. The highest BCUT2D eigenvalue weighted by Crippen LogP contribution is 2.16. The van der Waals surface area contributed by atoms with Crippen molar-refractivity contribution in [1.29, 1.82) is 0 Å². The minimum atomic E-state index is -0.508. The molecule has 6 heteroatoms. The lowest BCUT2D eigenvalue weighted by Gasteiger charge is -2.11. The van der Waals surface area contributed by atoms with Gasteiger partial charge in [0.1, 0.15) is 0 Å². The number of para-hydroxylation sites is 1. The quantitative estimate of drug-likeness (QED) is 0.757. The number of carbonyl (C=O) groups is 3. The van der Waals surface area contributed by atoms with Crippen molar-refractivity contribution >= 4 is 23.5 Å². The lowest BCUT2D eigenvalue weighted by Crippen LogP contribution is -2.34. The molecule has 130 valence electrons. The predicted molar refractivity (Wildman–Crippen MR) is 94.2 cm³/mol. The average molecular weight is 340 g/mol. The van der Waals surface area contributed by atoms with Crippen molar-refractivity contribution in [3.05, 3.63) is 65.7 Å². The normalized spacial score (nSPS) is 9.96. The van der Waals surface area contributed by atoms with E-state index in [2.05, 4.69) is 10.6 Å². The highest BCUT2D eigenvalue weighted by molar-refractivity contribution is 6.02. The summed E-state index contributed by atoms with van der Waals surface area (Å²) in [7, 11) is 0. The third-order valence-corrected chi connectivity index (χ3v) is 3.35. The summed E-state index contributed by atoms with van der Waals surface area (Å²) in [6, 6.07) is 15.8. The fourth-order valence-electron chi connectivity index (χ4n) is 2.20. The Morgan fingerprint density at radius 1 is 0.920 bits per heavy atom. The minimum absolute atomic E-state index is 0.178. The van der Waals surface area contributed by atoms with E-state index in [-0.39, 0.29) is 31.0 Å². The zero-order valence-corrected chi connectivity index (χ0v) is 14.0. The van der Waals surface area contributed by atoms with E-state index in [0.717, 1.165) is 5.56 Å². The summed E-state index contributed by atoms with van der Waals surface area (Å²) in [5, 5.41) is 5.17. The minimum Gasteiger partial charge on any atom is -0.462 e. The Morgan fingerprint density at radius 2 is 1.60 bits per heavy atom. The molecule has 2 rings (SSSR count). The Bertz CT molecular complexity index is 744. The summed E-state index contributed by atoms with van der Waals surface area (Å²) in [6.07, 6.45) is 0.202. The van der Waals surface area contributed by atoms with Crippen molar-refractivity contribution in [2.24, 2.45) is 0 Å². The molecule has 25 heavy (non-hydrogen) atoms. The molecule has 0 saturated carbocycles. The number of carbonyl (C=O) groups excluding carboxylic acids is 3. The molecule has 0 aromatic heterocycles. The van der Waals surface area contributed by atoms with E-state index in [4.69, 9.17) is 4.74 Å². The van der Waals surface area contributed by atoms with Crippen molar-refractivity contribution in [2.75, 3.05) is 18.5 Å². The Morgan fingerprint density at radius 3 is 2.32 bits per heavy atom. The van der Waals surface area contributed by atoms with Crippen LogP contribution in [0.3, 0.4) is 0 Å². The molecule has 0 fully saturated rings. The second-order valence-electron chi connectivity index (χ2n) is 5.25. The van der Waals surface area contributed by atoms with Crippen molar-refractivity contribution in [3.8, 4) is 0 Å². The zero-order chi connectivity index (χ0) is 18.1. The van der Waals surface area contributed by atoms with Gasteiger partial charge in [-0.2, -0.15) is 0 Å². The van der Waals surface area contributed by atoms with Crippen LogP contribution in [0.2, 0.25) is 0 Å². The Kier molecular flexibility index (Phi) is 6.71. The van der Waals surface area contributed by atoms with Gasteiger partial charge in [0.05, 0.1) is 30.8 Å². The van der Waals surface area contributed by atoms with Gasteiger partial charge in [-0.15, -0.1) is 0 Å². The molecule has 0 saturated heterocycles. The Labute approximate surface area is 146 Å². The molecule has 0 heterocycles. The second kappa shape index (κ2) is 9.22. The number of esters is 1. The summed E-state index contributed by atoms with van der Waals surface area (Å²) in [5.41, 5.74) is 1.49. The van der Waals surface area contributed by atoms with Gasteiger partial charge < -0.3 is 15.4 Å². The molecule has 2 N–H and O–H groups in total. The monoisotopic (exact) mass is 340 g/mol. The summed E-state index contributed by atoms with van der Waals surface area (Å²) < 4.78 is 4.95. The van der Waals surface area contributed by atoms with Crippen LogP contribution < -0.4 is 10.6 Å². The number of amides is 2. The van der Waals surface area contributed by atoms with E-state index in [1.807, 2.05) is 30.3 Å². The predicted octanol–water partition coefficient (Wildman–Crippen LogP) is 2.16. The molecule has 0 aliphatic carbocycles. The topological polar surface area (TPSA) is 84.5 Å². The summed E-state index contributed by atoms with van der Waals surface area (Å²) in [6.45, 7) is 1.78. The zero-order valence-electron chi connectivity index (χ0n) is 14.0. The number of ether oxygens (including phenoxy) is 1. The van der Waals surface area contributed by atoms with E-state index in [1.165, 1.54) is 0 Å². The first-order valence-electron chi connectivity index (χ1n) is 7.96. The van der Waals surface area contributed by atoms with Gasteiger partial charge >= 0.3 is 5.97 Å². The lowest BCUT2D eigenvalue weighted by molar-refractivity contribution is -0.123. The smallest absolute Gasteiger partial charge is 0.340 e. The first-order valence-corrected chi connectivity index (χ1v) is 7.96. The van der Waals surface area contributed by atoms with Crippen LogP contribution in [0, 0.1) is 0 Å². The first kappa shape index (κ1) is 18.2. The molecule has 6 nitrogen and oxygen atoms in total. The van der Waals surface area contributed by atoms with Crippen molar-refractivity contribution in [3.63, 3.8) is 0 Å². The van der Waals surface area contributed by atoms with Crippen LogP contribution in [0.25, 0.3) is 0 Å². The fourth-order valence-corrected chi connectivity index (χ4v) is 2.20. The molecule has 2 amide bonds. The summed E-state index contributed by atoms with van der Waals surface area (Å²) >= 11 is 0. The molecule has 2 aromatic rings. The Balaban J connectivity index is 1.88. The van der Waals surface area contributed by atoms with E-state index in [0.29, 0.717) is 5.69 Å². The Hall–Kier alpha value is -3.15. The van der Waals surface area contributed by atoms with Gasteiger partial charge in [0.2, 0.25) is 11.8 Å². The lowest BCUT2D eigenvalue weighted by atomic mass is 10.1. The first-order chi connectivity index (χ1) is 12.1. The van der Waals surface area contributed by atoms with Gasteiger partial charge in [-0.3, -0.25) is 9.59 Å². The van der Waals surface area contributed by atoms with Gasteiger partial charge in [0.25, 0.3) is 0 Å². The van der Waals surface area contributed by atoms with Crippen LogP contribution in [0.5, 0.6) is 0 Å². The molecular formula is C19H20N2O4. The van der Waals surface area contributed by atoms with E-state index < -0.39 is 11.9 Å². The van der Waals surface area contributed by atoms with E-state index >= 15 is 0 Å². The number of hydrogen-bond donors (Lipinski definition) is 2. The van der Waals surface area contributed by atoms with E-state index in [1.54, 1.807) is 31.2 Å².